The van der Waals surface area contributed by atoms with Crippen molar-refractivity contribution in [2.75, 3.05) is 26.8 Å². The van der Waals surface area contributed by atoms with E-state index in [2.05, 4.69) is 5.16 Å². The van der Waals surface area contributed by atoms with Gasteiger partial charge in [-0.1, -0.05) is 5.16 Å². The van der Waals surface area contributed by atoms with Crippen molar-refractivity contribution in [3.05, 3.63) is 17.5 Å². The van der Waals surface area contributed by atoms with Gasteiger partial charge in [0, 0.05) is 19.7 Å². The predicted molar refractivity (Wildman–Crippen MR) is 64.9 cm³/mol. The normalized spacial score (nSPS) is 11.9. The maximum absolute atomic E-state index is 12.1. The summed E-state index contributed by atoms with van der Waals surface area (Å²) < 4.78 is 34.6. The highest BCUT2D eigenvalue weighted by Gasteiger charge is 2.25. The number of aromatic nitrogens is 1. The number of ether oxygens (including phenoxy) is 1. The first-order valence-corrected chi connectivity index (χ1v) is 7.07. The third kappa shape index (κ3) is 4.97. The van der Waals surface area contributed by atoms with Crippen LogP contribution in [0.1, 0.15) is 11.5 Å². The maximum atomic E-state index is 12.1. The molecule has 0 saturated heterocycles. The van der Waals surface area contributed by atoms with Gasteiger partial charge in [0.15, 0.2) is 0 Å². The number of rotatable bonds is 8. The van der Waals surface area contributed by atoms with Crippen molar-refractivity contribution in [3.63, 3.8) is 0 Å². The molecule has 0 unspecified atom stereocenters. The molecule has 0 aliphatic heterocycles. The highest BCUT2D eigenvalue weighted by atomic mass is 32.2. The Morgan fingerprint density at radius 2 is 2.26 bits per heavy atom. The summed E-state index contributed by atoms with van der Waals surface area (Å²) in [6.45, 7) is 1.12. The lowest BCUT2D eigenvalue weighted by Gasteiger charge is -2.19. The summed E-state index contributed by atoms with van der Waals surface area (Å²) in [5.74, 6) is -1.13. The Labute approximate surface area is 111 Å². The SMILES string of the molecule is COCCN(CC(=O)O)S(=O)(=O)Cc1cc(C)on1. The van der Waals surface area contributed by atoms with Crippen LogP contribution in [0.25, 0.3) is 0 Å². The predicted octanol–water partition coefficient (Wildman–Crippen LogP) is -0.154. The van der Waals surface area contributed by atoms with Crippen LogP contribution >= 0.6 is 0 Å². The Morgan fingerprint density at radius 3 is 2.74 bits per heavy atom. The molecule has 9 heteroatoms. The number of aryl methyl sites for hydroxylation is 1. The molecule has 1 aromatic heterocycles. The van der Waals surface area contributed by atoms with Gasteiger partial charge in [0.25, 0.3) is 0 Å². The number of aliphatic carboxylic acids is 1. The maximum Gasteiger partial charge on any atom is 0.318 e. The van der Waals surface area contributed by atoms with Gasteiger partial charge in [0.05, 0.1) is 6.61 Å². The van der Waals surface area contributed by atoms with Crippen molar-refractivity contribution in [3.8, 4) is 0 Å². The topological polar surface area (TPSA) is 110 Å². The molecule has 8 nitrogen and oxygen atoms in total. The Hall–Kier alpha value is -1.45. The number of hydrogen-bond acceptors (Lipinski definition) is 6. The van der Waals surface area contributed by atoms with Crippen LogP contribution in [0.2, 0.25) is 0 Å². The Kier molecular flexibility index (Phi) is 5.45. The van der Waals surface area contributed by atoms with Gasteiger partial charge in [-0.25, -0.2) is 8.42 Å². The second-order valence-corrected chi connectivity index (χ2v) is 5.87. The first kappa shape index (κ1) is 15.6. The number of sulfonamides is 1. The van der Waals surface area contributed by atoms with E-state index in [9.17, 15) is 13.2 Å². The van der Waals surface area contributed by atoms with Crippen LogP contribution in [0.3, 0.4) is 0 Å². The van der Waals surface area contributed by atoms with Crippen LogP contribution in [-0.2, 0) is 25.3 Å². The van der Waals surface area contributed by atoms with Crippen molar-refractivity contribution < 1.29 is 27.6 Å². The number of carboxylic acids is 1. The lowest BCUT2D eigenvalue weighted by molar-refractivity contribution is -0.137. The third-order valence-electron chi connectivity index (χ3n) is 2.26. The van der Waals surface area contributed by atoms with Crippen molar-refractivity contribution in [1.82, 2.24) is 9.46 Å². The number of carbonyl (C=O) groups is 1. The first-order chi connectivity index (χ1) is 8.85. The zero-order chi connectivity index (χ0) is 14.5. The fourth-order valence-electron chi connectivity index (χ4n) is 1.42. The van der Waals surface area contributed by atoms with E-state index >= 15 is 0 Å². The van der Waals surface area contributed by atoms with Gasteiger partial charge < -0.3 is 14.4 Å². The van der Waals surface area contributed by atoms with Crippen LogP contribution in [0, 0.1) is 6.92 Å². The van der Waals surface area contributed by atoms with E-state index in [1.807, 2.05) is 0 Å². The van der Waals surface area contributed by atoms with E-state index < -0.39 is 28.3 Å². The first-order valence-electron chi connectivity index (χ1n) is 5.46. The Morgan fingerprint density at radius 1 is 1.58 bits per heavy atom. The van der Waals surface area contributed by atoms with Gasteiger partial charge in [-0.3, -0.25) is 4.79 Å². The molecule has 0 spiro atoms. The zero-order valence-corrected chi connectivity index (χ0v) is 11.5. The van der Waals surface area contributed by atoms with Gasteiger partial charge >= 0.3 is 5.97 Å². The minimum absolute atomic E-state index is 0.0258. The fraction of sp³-hybridized carbons (Fsp3) is 0.600. The monoisotopic (exact) mass is 292 g/mol. The molecule has 0 bridgehead atoms. The van der Waals surface area contributed by atoms with Crippen LogP contribution < -0.4 is 0 Å². The molecule has 0 aliphatic rings. The minimum Gasteiger partial charge on any atom is -0.480 e. The lowest BCUT2D eigenvalue weighted by atomic mass is 10.4. The van der Waals surface area contributed by atoms with E-state index in [-0.39, 0.29) is 18.8 Å². The molecule has 0 radical (unpaired) electrons. The molecule has 0 aromatic carbocycles. The standard InChI is InChI=1S/C10H16N2O6S/c1-8-5-9(11-18-8)7-19(15,16)12(3-4-17-2)6-10(13)14/h5H,3-4,6-7H2,1-2H3,(H,13,14). The number of methoxy groups -OCH3 is 1. The average molecular weight is 292 g/mol. The zero-order valence-electron chi connectivity index (χ0n) is 10.7. The van der Waals surface area contributed by atoms with Crippen LogP contribution in [0.4, 0.5) is 0 Å². The quantitative estimate of drug-likeness (QED) is 0.709. The molecule has 1 rings (SSSR count). The van der Waals surface area contributed by atoms with Crippen molar-refractivity contribution >= 4 is 16.0 Å². The summed E-state index contributed by atoms with van der Waals surface area (Å²) in [4.78, 5) is 10.7. The van der Waals surface area contributed by atoms with E-state index in [4.69, 9.17) is 14.4 Å². The van der Waals surface area contributed by atoms with Crippen LogP contribution in [0.15, 0.2) is 10.6 Å². The molecule has 19 heavy (non-hydrogen) atoms. The second kappa shape index (κ2) is 6.64. The smallest absolute Gasteiger partial charge is 0.318 e. The summed E-state index contributed by atoms with van der Waals surface area (Å²) in [6, 6.07) is 1.49. The Bertz CT molecular complexity index is 524. The fourth-order valence-corrected chi connectivity index (χ4v) is 2.78. The molecule has 0 fully saturated rings. The van der Waals surface area contributed by atoms with E-state index in [1.165, 1.54) is 13.2 Å². The molecule has 0 aliphatic carbocycles. The number of hydrogen-bond donors (Lipinski definition) is 1. The second-order valence-electron chi connectivity index (χ2n) is 3.91. The average Bonchev–Trinajstić information content (AvgIpc) is 2.68. The van der Waals surface area contributed by atoms with Gasteiger partial charge in [-0.15, -0.1) is 0 Å². The minimum atomic E-state index is -3.78. The molecule has 1 aromatic rings. The third-order valence-corrected chi connectivity index (χ3v) is 4.02. The number of nitrogens with zero attached hydrogens (tertiary/aromatic N) is 2. The lowest BCUT2D eigenvalue weighted by Crippen LogP contribution is -2.38. The van der Waals surface area contributed by atoms with E-state index in [0.717, 1.165) is 4.31 Å². The van der Waals surface area contributed by atoms with Crippen molar-refractivity contribution in [2.45, 2.75) is 12.7 Å². The summed E-state index contributed by atoms with van der Waals surface area (Å²) in [7, 11) is -2.37. The molecule has 1 heterocycles. The molecular weight excluding hydrogens is 276 g/mol. The van der Waals surface area contributed by atoms with Gasteiger partial charge in [0.1, 0.15) is 23.8 Å². The van der Waals surface area contributed by atoms with Gasteiger partial charge in [-0.2, -0.15) is 4.31 Å². The van der Waals surface area contributed by atoms with Gasteiger partial charge in [0.2, 0.25) is 10.0 Å². The van der Waals surface area contributed by atoms with E-state index in [1.54, 1.807) is 6.92 Å². The largest absolute Gasteiger partial charge is 0.480 e. The highest BCUT2D eigenvalue weighted by molar-refractivity contribution is 7.88. The van der Waals surface area contributed by atoms with Crippen molar-refractivity contribution in [1.29, 1.82) is 0 Å². The summed E-state index contributed by atoms with van der Waals surface area (Å²) in [5, 5.41) is 12.3. The van der Waals surface area contributed by atoms with Crippen molar-refractivity contribution in [2.24, 2.45) is 0 Å². The van der Waals surface area contributed by atoms with Crippen LogP contribution in [-0.4, -0.2) is 55.8 Å². The summed E-state index contributed by atoms with van der Waals surface area (Å²) >= 11 is 0. The number of carboxylic acid groups (broad SMARTS) is 1. The van der Waals surface area contributed by atoms with Gasteiger partial charge in [-0.05, 0) is 6.92 Å². The molecular formula is C10H16N2O6S. The van der Waals surface area contributed by atoms with E-state index in [0.29, 0.717) is 5.76 Å². The van der Waals surface area contributed by atoms with Crippen LogP contribution in [0.5, 0.6) is 0 Å². The Balaban J connectivity index is 2.82. The highest BCUT2D eigenvalue weighted by Crippen LogP contribution is 2.11. The summed E-state index contributed by atoms with van der Waals surface area (Å²) in [5.41, 5.74) is 0.241. The molecule has 1 N–H and O–H groups in total. The summed E-state index contributed by atoms with van der Waals surface area (Å²) in [6.07, 6.45) is 0. The molecule has 0 amide bonds. The molecule has 0 atom stereocenters. The molecule has 0 saturated carbocycles. The molecule has 108 valence electrons.